The number of benzene rings is 1. The van der Waals surface area contributed by atoms with Crippen LogP contribution in [-0.2, 0) is 9.53 Å². The number of carbonyl (C=O) groups excluding carboxylic acids is 1. The highest BCUT2D eigenvalue weighted by atomic mass is 16.5. The molecule has 0 amide bonds. The second-order valence-corrected chi connectivity index (χ2v) is 3.85. The van der Waals surface area contributed by atoms with Crippen molar-refractivity contribution in [1.82, 2.24) is 0 Å². The monoisotopic (exact) mass is 222 g/mol. The van der Waals surface area contributed by atoms with E-state index in [9.17, 15) is 4.79 Å². The van der Waals surface area contributed by atoms with Gasteiger partial charge in [0.1, 0.15) is 12.0 Å². The highest BCUT2D eigenvalue weighted by Gasteiger charge is 2.08. The molecule has 0 spiro atoms. The van der Waals surface area contributed by atoms with E-state index in [2.05, 4.69) is 0 Å². The van der Waals surface area contributed by atoms with E-state index in [1.807, 2.05) is 31.2 Å². The zero-order valence-corrected chi connectivity index (χ0v) is 9.81. The van der Waals surface area contributed by atoms with Gasteiger partial charge in [0, 0.05) is 19.4 Å². The fourth-order valence-corrected chi connectivity index (χ4v) is 1.40. The van der Waals surface area contributed by atoms with Gasteiger partial charge in [-0.25, -0.2) is 0 Å². The summed E-state index contributed by atoms with van der Waals surface area (Å²) in [5.74, 6) is 0.960. The number of hydrogen-bond acceptors (Lipinski definition) is 3. The predicted molar refractivity (Wildman–Crippen MR) is 62.7 cm³/mol. The van der Waals surface area contributed by atoms with E-state index in [-0.39, 0.29) is 5.92 Å². The summed E-state index contributed by atoms with van der Waals surface area (Å²) in [5, 5.41) is 0. The Bertz CT molecular complexity index is 305. The van der Waals surface area contributed by atoms with Crippen molar-refractivity contribution in [3.63, 3.8) is 0 Å². The molecule has 0 heterocycles. The summed E-state index contributed by atoms with van der Waals surface area (Å²) in [5.41, 5.74) is 1.20. The number of hydrogen-bond donors (Lipinski definition) is 0. The Labute approximate surface area is 96.4 Å². The average molecular weight is 222 g/mol. The summed E-state index contributed by atoms with van der Waals surface area (Å²) in [4.78, 5) is 10.4. The third kappa shape index (κ3) is 4.45. The van der Waals surface area contributed by atoms with Gasteiger partial charge < -0.3 is 14.3 Å². The minimum atomic E-state index is 0.129. The molecule has 16 heavy (non-hydrogen) atoms. The lowest BCUT2D eigenvalue weighted by molar-refractivity contribution is -0.109. The molecule has 1 rings (SSSR count). The van der Waals surface area contributed by atoms with E-state index in [1.54, 1.807) is 7.11 Å². The SMILES string of the molecule is COCC(CC=O)COc1ccc(C)cc1. The Morgan fingerprint density at radius 2 is 1.94 bits per heavy atom. The maximum absolute atomic E-state index is 10.4. The van der Waals surface area contributed by atoms with Gasteiger partial charge in [-0.15, -0.1) is 0 Å². The molecule has 88 valence electrons. The van der Waals surface area contributed by atoms with Crippen LogP contribution in [0.15, 0.2) is 24.3 Å². The molecule has 0 aromatic heterocycles. The molecular formula is C13H18O3. The number of rotatable bonds is 7. The molecule has 0 aliphatic carbocycles. The first-order valence-electron chi connectivity index (χ1n) is 5.38. The Morgan fingerprint density at radius 3 is 2.50 bits per heavy atom. The Kier molecular flexibility index (Phi) is 5.57. The van der Waals surface area contributed by atoms with Crippen LogP contribution in [-0.4, -0.2) is 26.6 Å². The quantitative estimate of drug-likeness (QED) is 0.664. The van der Waals surface area contributed by atoms with Gasteiger partial charge in [0.25, 0.3) is 0 Å². The van der Waals surface area contributed by atoms with Crippen LogP contribution in [0.1, 0.15) is 12.0 Å². The fourth-order valence-electron chi connectivity index (χ4n) is 1.40. The van der Waals surface area contributed by atoms with Crippen LogP contribution in [0.2, 0.25) is 0 Å². The standard InChI is InChI=1S/C13H18O3/c1-11-3-5-13(6-4-11)16-10-12(7-8-14)9-15-2/h3-6,8,12H,7,9-10H2,1-2H3. The van der Waals surface area contributed by atoms with Gasteiger partial charge in [-0.05, 0) is 19.1 Å². The van der Waals surface area contributed by atoms with Crippen molar-refractivity contribution in [1.29, 1.82) is 0 Å². The summed E-state index contributed by atoms with van der Waals surface area (Å²) in [6.45, 7) is 3.09. The first kappa shape index (κ1) is 12.7. The van der Waals surface area contributed by atoms with Crippen LogP contribution in [0.5, 0.6) is 5.75 Å². The minimum Gasteiger partial charge on any atom is -0.493 e. The van der Waals surface area contributed by atoms with Gasteiger partial charge in [-0.3, -0.25) is 0 Å². The van der Waals surface area contributed by atoms with E-state index in [1.165, 1.54) is 5.56 Å². The molecule has 0 radical (unpaired) electrons. The van der Waals surface area contributed by atoms with Gasteiger partial charge in [0.05, 0.1) is 13.2 Å². The molecule has 1 aromatic rings. The highest BCUT2D eigenvalue weighted by Crippen LogP contribution is 2.13. The van der Waals surface area contributed by atoms with Crippen molar-refractivity contribution in [3.05, 3.63) is 29.8 Å². The van der Waals surface area contributed by atoms with Crippen molar-refractivity contribution >= 4 is 6.29 Å². The van der Waals surface area contributed by atoms with Crippen molar-refractivity contribution in [2.75, 3.05) is 20.3 Å². The largest absolute Gasteiger partial charge is 0.493 e. The van der Waals surface area contributed by atoms with E-state index in [0.717, 1.165) is 12.0 Å². The van der Waals surface area contributed by atoms with Gasteiger partial charge in [0.15, 0.2) is 0 Å². The second kappa shape index (κ2) is 7.01. The van der Waals surface area contributed by atoms with Crippen LogP contribution in [0.3, 0.4) is 0 Å². The fraction of sp³-hybridized carbons (Fsp3) is 0.462. The van der Waals surface area contributed by atoms with E-state index in [0.29, 0.717) is 19.6 Å². The number of carbonyl (C=O) groups is 1. The Hall–Kier alpha value is -1.35. The first-order valence-corrected chi connectivity index (χ1v) is 5.38. The van der Waals surface area contributed by atoms with Gasteiger partial charge in [-0.1, -0.05) is 17.7 Å². The molecule has 3 nitrogen and oxygen atoms in total. The second-order valence-electron chi connectivity index (χ2n) is 3.85. The summed E-state index contributed by atoms with van der Waals surface area (Å²) in [7, 11) is 1.63. The van der Waals surface area contributed by atoms with Crippen LogP contribution < -0.4 is 4.74 Å². The molecule has 0 fully saturated rings. The maximum atomic E-state index is 10.4. The van der Waals surface area contributed by atoms with Gasteiger partial charge in [0.2, 0.25) is 0 Å². The molecule has 0 aliphatic rings. The third-order valence-corrected chi connectivity index (χ3v) is 2.34. The molecule has 1 unspecified atom stereocenters. The molecule has 0 N–H and O–H groups in total. The molecule has 0 saturated heterocycles. The summed E-state index contributed by atoms with van der Waals surface area (Å²) >= 11 is 0. The average Bonchev–Trinajstić information content (AvgIpc) is 2.29. The lowest BCUT2D eigenvalue weighted by Gasteiger charge is -2.14. The maximum Gasteiger partial charge on any atom is 0.120 e. The molecule has 1 atom stereocenters. The van der Waals surface area contributed by atoms with Crippen molar-refractivity contribution in [2.24, 2.45) is 5.92 Å². The van der Waals surface area contributed by atoms with Crippen LogP contribution >= 0.6 is 0 Å². The normalized spacial score (nSPS) is 12.1. The number of ether oxygens (including phenoxy) is 2. The molecular weight excluding hydrogens is 204 g/mol. The molecule has 1 aromatic carbocycles. The third-order valence-electron chi connectivity index (χ3n) is 2.34. The smallest absolute Gasteiger partial charge is 0.120 e. The minimum absolute atomic E-state index is 0.129. The summed E-state index contributed by atoms with van der Waals surface area (Å²) in [6, 6.07) is 7.86. The Morgan fingerprint density at radius 1 is 1.25 bits per heavy atom. The van der Waals surface area contributed by atoms with Crippen molar-refractivity contribution in [2.45, 2.75) is 13.3 Å². The number of aryl methyl sites for hydroxylation is 1. The highest BCUT2D eigenvalue weighted by molar-refractivity contribution is 5.49. The van der Waals surface area contributed by atoms with Crippen LogP contribution in [0.4, 0.5) is 0 Å². The molecule has 0 bridgehead atoms. The zero-order chi connectivity index (χ0) is 11.8. The summed E-state index contributed by atoms with van der Waals surface area (Å²) < 4.78 is 10.6. The molecule has 0 saturated carbocycles. The van der Waals surface area contributed by atoms with Gasteiger partial charge >= 0.3 is 0 Å². The van der Waals surface area contributed by atoms with E-state index < -0.39 is 0 Å². The van der Waals surface area contributed by atoms with Crippen molar-refractivity contribution in [3.8, 4) is 5.75 Å². The van der Waals surface area contributed by atoms with Crippen LogP contribution in [0, 0.1) is 12.8 Å². The van der Waals surface area contributed by atoms with Crippen molar-refractivity contribution < 1.29 is 14.3 Å². The Balaban J connectivity index is 2.41. The lowest BCUT2D eigenvalue weighted by Crippen LogP contribution is -2.17. The number of methoxy groups -OCH3 is 1. The van der Waals surface area contributed by atoms with E-state index >= 15 is 0 Å². The number of aldehydes is 1. The summed E-state index contributed by atoms with van der Waals surface area (Å²) in [6.07, 6.45) is 1.38. The molecule has 3 heteroatoms. The topological polar surface area (TPSA) is 35.5 Å². The molecule has 0 aliphatic heterocycles. The lowest BCUT2D eigenvalue weighted by atomic mass is 10.1. The predicted octanol–water partition coefficient (Wildman–Crippen LogP) is 2.23. The van der Waals surface area contributed by atoms with Gasteiger partial charge in [-0.2, -0.15) is 0 Å². The van der Waals surface area contributed by atoms with Crippen LogP contribution in [0.25, 0.3) is 0 Å². The zero-order valence-electron chi connectivity index (χ0n) is 9.81. The first-order chi connectivity index (χ1) is 7.76. The van der Waals surface area contributed by atoms with E-state index in [4.69, 9.17) is 9.47 Å².